The largest absolute Gasteiger partial charge is 0.337 e. The van der Waals surface area contributed by atoms with Gasteiger partial charge in [0, 0.05) is 18.7 Å². The standard InChI is InChI=1S/C30H30ClN3O/c1-21-12-13-22(2)28(18-21)34-29(20-27(32-34)25-10-6-7-11-26(25)31)30(35)33-16-14-24(15-17-33)19-23-8-4-3-5-9-23/h3-13,18,20,24H,14-17,19H2,1-2H3. The highest BCUT2D eigenvalue weighted by molar-refractivity contribution is 6.33. The van der Waals surface area contributed by atoms with Crippen LogP contribution in [0.15, 0.2) is 78.9 Å². The van der Waals surface area contributed by atoms with E-state index in [1.165, 1.54) is 5.56 Å². The number of halogens is 1. The molecule has 0 N–H and O–H groups in total. The van der Waals surface area contributed by atoms with Crippen molar-refractivity contribution in [1.82, 2.24) is 14.7 Å². The lowest BCUT2D eigenvalue weighted by Gasteiger charge is -2.32. The van der Waals surface area contributed by atoms with Crippen LogP contribution in [0.1, 0.15) is 40.0 Å². The molecule has 1 amide bonds. The number of aryl methyl sites for hydroxylation is 2. The summed E-state index contributed by atoms with van der Waals surface area (Å²) in [6.07, 6.45) is 3.09. The third-order valence-electron chi connectivity index (χ3n) is 6.94. The molecule has 0 bridgehead atoms. The maximum atomic E-state index is 13.8. The second-order valence-corrected chi connectivity index (χ2v) is 9.93. The fourth-order valence-corrected chi connectivity index (χ4v) is 5.15. The maximum Gasteiger partial charge on any atom is 0.272 e. The molecule has 0 spiro atoms. The van der Waals surface area contributed by atoms with Gasteiger partial charge in [-0.3, -0.25) is 4.79 Å². The molecule has 1 aliphatic rings. The molecule has 2 heterocycles. The van der Waals surface area contributed by atoms with Crippen LogP contribution in [0.3, 0.4) is 0 Å². The van der Waals surface area contributed by atoms with Gasteiger partial charge in [-0.15, -0.1) is 0 Å². The van der Waals surface area contributed by atoms with Crippen LogP contribution in [-0.2, 0) is 6.42 Å². The summed E-state index contributed by atoms with van der Waals surface area (Å²) in [5.41, 5.74) is 6.60. The summed E-state index contributed by atoms with van der Waals surface area (Å²) >= 11 is 6.49. The predicted molar refractivity (Wildman–Crippen MR) is 142 cm³/mol. The molecular weight excluding hydrogens is 454 g/mol. The quantitative estimate of drug-likeness (QED) is 0.309. The van der Waals surface area contributed by atoms with Gasteiger partial charge in [-0.05, 0) is 73.9 Å². The molecule has 1 aromatic heterocycles. The zero-order chi connectivity index (χ0) is 24.4. The van der Waals surface area contributed by atoms with Crippen molar-refractivity contribution in [1.29, 1.82) is 0 Å². The highest BCUT2D eigenvalue weighted by atomic mass is 35.5. The molecule has 0 aliphatic carbocycles. The van der Waals surface area contributed by atoms with E-state index in [0.29, 0.717) is 22.3 Å². The lowest BCUT2D eigenvalue weighted by Crippen LogP contribution is -2.39. The van der Waals surface area contributed by atoms with Crippen LogP contribution in [0.25, 0.3) is 16.9 Å². The van der Waals surface area contributed by atoms with E-state index >= 15 is 0 Å². The zero-order valence-electron chi connectivity index (χ0n) is 20.2. The van der Waals surface area contributed by atoms with Crippen molar-refractivity contribution in [2.45, 2.75) is 33.1 Å². The van der Waals surface area contributed by atoms with Crippen LogP contribution in [0.2, 0.25) is 5.02 Å². The molecule has 178 valence electrons. The molecule has 35 heavy (non-hydrogen) atoms. The summed E-state index contributed by atoms with van der Waals surface area (Å²) in [5.74, 6) is 0.624. The summed E-state index contributed by atoms with van der Waals surface area (Å²) < 4.78 is 1.80. The molecule has 0 saturated carbocycles. The Morgan fingerprint density at radius 1 is 0.943 bits per heavy atom. The molecule has 4 nitrogen and oxygen atoms in total. The van der Waals surface area contributed by atoms with Gasteiger partial charge in [-0.2, -0.15) is 5.10 Å². The first-order chi connectivity index (χ1) is 17.0. The number of likely N-dealkylation sites (tertiary alicyclic amines) is 1. The number of amides is 1. The van der Waals surface area contributed by atoms with Gasteiger partial charge in [-0.1, -0.05) is 72.3 Å². The van der Waals surface area contributed by atoms with Gasteiger partial charge in [-0.25, -0.2) is 4.68 Å². The Balaban J connectivity index is 1.44. The van der Waals surface area contributed by atoms with E-state index in [2.05, 4.69) is 62.4 Å². The number of rotatable bonds is 5. The van der Waals surface area contributed by atoms with Crippen molar-refractivity contribution in [2.75, 3.05) is 13.1 Å². The van der Waals surface area contributed by atoms with E-state index in [4.69, 9.17) is 16.7 Å². The Morgan fingerprint density at radius 2 is 1.66 bits per heavy atom. The molecule has 1 saturated heterocycles. The normalized spacial score (nSPS) is 14.3. The second kappa shape index (κ2) is 10.1. The van der Waals surface area contributed by atoms with Crippen molar-refractivity contribution < 1.29 is 4.79 Å². The summed E-state index contributed by atoms with van der Waals surface area (Å²) in [6.45, 7) is 5.63. The number of aromatic nitrogens is 2. The first-order valence-electron chi connectivity index (χ1n) is 12.3. The molecule has 1 aliphatic heterocycles. The van der Waals surface area contributed by atoms with E-state index in [0.717, 1.165) is 54.7 Å². The van der Waals surface area contributed by atoms with Gasteiger partial charge in [0.15, 0.2) is 0 Å². The third-order valence-corrected chi connectivity index (χ3v) is 7.27. The van der Waals surface area contributed by atoms with Gasteiger partial charge >= 0.3 is 0 Å². The average Bonchev–Trinajstić information content (AvgIpc) is 3.31. The third kappa shape index (κ3) is 5.03. The Bertz CT molecular complexity index is 1340. The van der Waals surface area contributed by atoms with Crippen LogP contribution in [0.4, 0.5) is 0 Å². The number of hydrogen-bond donors (Lipinski definition) is 0. The lowest BCUT2D eigenvalue weighted by atomic mass is 9.90. The summed E-state index contributed by atoms with van der Waals surface area (Å²) in [6, 6.07) is 26.4. The number of hydrogen-bond acceptors (Lipinski definition) is 2. The lowest BCUT2D eigenvalue weighted by molar-refractivity contribution is 0.0681. The van der Waals surface area contributed by atoms with Crippen LogP contribution in [0.5, 0.6) is 0 Å². The molecule has 0 unspecified atom stereocenters. The monoisotopic (exact) mass is 483 g/mol. The molecule has 1 fully saturated rings. The van der Waals surface area contributed by atoms with Gasteiger partial charge < -0.3 is 4.90 Å². The summed E-state index contributed by atoms with van der Waals surface area (Å²) in [4.78, 5) is 15.8. The Kier molecular flexibility index (Phi) is 6.74. The predicted octanol–water partition coefficient (Wildman–Crippen LogP) is 6.90. The molecular formula is C30H30ClN3O. The van der Waals surface area contributed by atoms with E-state index in [-0.39, 0.29) is 5.91 Å². The number of carbonyl (C=O) groups excluding carboxylic acids is 1. The topological polar surface area (TPSA) is 38.1 Å². The Morgan fingerprint density at radius 3 is 2.40 bits per heavy atom. The van der Waals surface area contributed by atoms with Crippen molar-refractivity contribution in [2.24, 2.45) is 5.92 Å². The van der Waals surface area contributed by atoms with E-state index in [1.807, 2.05) is 35.2 Å². The Labute approximate surface area is 212 Å². The first-order valence-corrected chi connectivity index (χ1v) is 12.6. The number of benzene rings is 3. The highest BCUT2D eigenvalue weighted by Crippen LogP contribution is 2.30. The van der Waals surface area contributed by atoms with Crippen molar-refractivity contribution in [3.05, 3.63) is 106 Å². The average molecular weight is 484 g/mol. The van der Waals surface area contributed by atoms with Crippen LogP contribution in [0, 0.1) is 19.8 Å². The van der Waals surface area contributed by atoms with E-state index in [9.17, 15) is 4.79 Å². The van der Waals surface area contributed by atoms with Crippen LogP contribution >= 0.6 is 11.6 Å². The number of piperidine rings is 1. The van der Waals surface area contributed by atoms with Gasteiger partial charge in [0.2, 0.25) is 0 Å². The van der Waals surface area contributed by atoms with Crippen LogP contribution < -0.4 is 0 Å². The minimum absolute atomic E-state index is 0.0230. The van der Waals surface area contributed by atoms with E-state index in [1.54, 1.807) is 4.68 Å². The van der Waals surface area contributed by atoms with Gasteiger partial charge in [0.1, 0.15) is 5.69 Å². The second-order valence-electron chi connectivity index (χ2n) is 9.52. The number of carbonyl (C=O) groups is 1. The van der Waals surface area contributed by atoms with Crippen molar-refractivity contribution in [3.63, 3.8) is 0 Å². The SMILES string of the molecule is Cc1ccc(C)c(-n2nc(-c3ccccc3Cl)cc2C(=O)N2CCC(Cc3ccccc3)CC2)c1. The van der Waals surface area contributed by atoms with Crippen LogP contribution in [-0.4, -0.2) is 33.7 Å². The van der Waals surface area contributed by atoms with Gasteiger partial charge in [0.05, 0.1) is 16.4 Å². The Hall–Kier alpha value is -3.37. The molecule has 5 rings (SSSR count). The summed E-state index contributed by atoms with van der Waals surface area (Å²) in [5, 5.41) is 5.51. The molecule has 0 atom stereocenters. The molecule has 3 aromatic carbocycles. The first kappa shape index (κ1) is 23.4. The maximum absolute atomic E-state index is 13.8. The van der Waals surface area contributed by atoms with E-state index < -0.39 is 0 Å². The summed E-state index contributed by atoms with van der Waals surface area (Å²) in [7, 11) is 0. The van der Waals surface area contributed by atoms with Gasteiger partial charge in [0.25, 0.3) is 5.91 Å². The molecule has 5 heteroatoms. The minimum Gasteiger partial charge on any atom is -0.337 e. The molecule has 4 aromatic rings. The fraction of sp³-hybridized carbons (Fsp3) is 0.267. The van der Waals surface area contributed by atoms with Crippen molar-refractivity contribution >= 4 is 17.5 Å². The molecule has 0 radical (unpaired) electrons. The minimum atomic E-state index is 0.0230. The smallest absolute Gasteiger partial charge is 0.272 e. The number of nitrogens with zero attached hydrogens (tertiary/aromatic N) is 3. The fourth-order valence-electron chi connectivity index (χ4n) is 4.91. The highest BCUT2D eigenvalue weighted by Gasteiger charge is 2.28. The van der Waals surface area contributed by atoms with Crippen molar-refractivity contribution in [3.8, 4) is 16.9 Å². The zero-order valence-corrected chi connectivity index (χ0v) is 21.0.